The number of hydrogen-bond acceptors (Lipinski definition) is 7. The summed E-state index contributed by atoms with van der Waals surface area (Å²) in [5.74, 6) is 0.241. The van der Waals surface area contributed by atoms with Gasteiger partial charge in [-0.3, -0.25) is 29.3 Å². The number of rotatable bonds is 4. The second-order valence-electron chi connectivity index (χ2n) is 13.8. The van der Waals surface area contributed by atoms with Crippen LogP contribution in [0.1, 0.15) is 56.0 Å². The van der Waals surface area contributed by atoms with E-state index in [4.69, 9.17) is 20.2 Å². The zero-order valence-corrected chi connectivity index (χ0v) is 29.5. The first-order valence-electron chi connectivity index (χ1n) is 17.9. The lowest BCUT2D eigenvalue weighted by molar-refractivity contribution is 0.476. The van der Waals surface area contributed by atoms with Crippen molar-refractivity contribution in [2.75, 3.05) is 0 Å². The Kier molecular flexibility index (Phi) is 9.81. The van der Waals surface area contributed by atoms with E-state index in [9.17, 15) is 5.11 Å². The molecule has 8 aromatic rings. The number of hydrogen-bond donors (Lipinski definition) is 1. The minimum Gasteiger partial charge on any atom is -0.508 e. The SMILES string of the molecule is C.C.Cc1ccc2nccc(-c3c(-c4cccc(C)n4)nn4c3CCC4)c2c1.Cc1cccc(-c2nn3c(c2-c2ccnc4ccc(O)cc24)CCC3)n1. The van der Waals surface area contributed by atoms with Crippen molar-refractivity contribution in [2.24, 2.45) is 0 Å². The molecule has 0 spiro atoms. The van der Waals surface area contributed by atoms with Crippen LogP contribution in [0.2, 0.25) is 0 Å². The van der Waals surface area contributed by atoms with Gasteiger partial charge in [-0.2, -0.15) is 10.2 Å². The van der Waals surface area contributed by atoms with Crippen molar-refractivity contribution in [3.05, 3.63) is 126 Å². The lowest BCUT2D eigenvalue weighted by atomic mass is 9.96. The van der Waals surface area contributed by atoms with Crippen LogP contribution in [-0.2, 0) is 25.9 Å². The summed E-state index contributed by atoms with van der Waals surface area (Å²) in [6.45, 7) is 8.06. The highest BCUT2D eigenvalue weighted by Gasteiger charge is 2.27. The molecule has 10 rings (SSSR count). The summed E-state index contributed by atoms with van der Waals surface area (Å²) in [5, 5.41) is 21.9. The monoisotopic (exact) mass is 714 g/mol. The van der Waals surface area contributed by atoms with Gasteiger partial charge in [0.15, 0.2) is 0 Å². The number of aryl methyl sites for hydroxylation is 5. The Bertz CT molecular complexity index is 2470. The van der Waals surface area contributed by atoms with Crippen LogP contribution in [0.15, 0.2) is 97.3 Å². The van der Waals surface area contributed by atoms with Crippen LogP contribution in [0.4, 0.5) is 0 Å². The van der Waals surface area contributed by atoms with Gasteiger partial charge in [0, 0.05) is 70.2 Å². The molecule has 272 valence electrons. The van der Waals surface area contributed by atoms with Crippen LogP contribution >= 0.6 is 0 Å². The van der Waals surface area contributed by atoms with Crippen molar-refractivity contribution in [3.8, 4) is 50.8 Å². The maximum atomic E-state index is 10.0. The van der Waals surface area contributed by atoms with Crippen molar-refractivity contribution >= 4 is 21.8 Å². The third-order valence-corrected chi connectivity index (χ3v) is 10.1. The molecule has 8 heterocycles. The standard InChI is InChI=1S/C22H20N4.C21H18N4O.2CH4/c1-14-8-9-18-17(13-14)16(10-11-23-18)21-20-7-4-12-26(20)25-22(21)19-6-3-5-15(2)24-19;1-13-4-2-5-18(23-13)21-20(19-6-3-11-25(19)24-21)15-9-10-22-17-8-7-14(26)12-16(15)17;;/h3,5-6,8-11,13H,4,7,12H2,1-2H3;2,4-5,7-10,12,26H,3,6,11H2,1H3;2*1H4. The molecule has 2 aliphatic rings. The third kappa shape index (κ3) is 6.40. The first kappa shape index (κ1) is 36.2. The Hall–Kier alpha value is -6.22. The van der Waals surface area contributed by atoms with Gasteiger partial charge in [0.2, 0.25) is 0 Å². The Morgan fingerprint density at radius 2 is 1.07 bits per heavy atom. The van der Waals surface area contributed by atoms with Gasteiger partial charge in [-0.25, -0.2) is 0 Å². The third-order valence-electron chi connectivity index (χ3n) is 10.1. The minimum absolute atomic E-state index is 0. The van der Waals surface area contributed by atoms with Crippen LogP contribution in [-0.4, -0.2) is 44.6 Å². The molecule has 1 N–H and O–H groups in total. The molecular formula is C45H46N8O. The molecule has 0 unspecified atom stereocenters. The summed E-state index contributed by atoms with van der Waals surface area (Å²) in [5.41, 5.74) is 16.0. The number of benzene rings is 2. The maximum absolute atomic E-state index is 10.0. The number of aromatic nitrogens is 8. The van der Waals surface area contributed by atoms with E-state index in [1.165, 1.54) is 33.5 Å². The highest BCUT2D eigenvalue weighted by atomic mass is 16.3. The quantitative estimate of drug-likeness (QED) is 0.193. The second kappa shape index (κ2) is 14.7. The normalized spacial score (nSPS) is 12.8. The van der Waals surface area contributed by atoms with E-state index < -0.39 is 0 Å². The average molecular weight is 715 g/mol. The van der Waals surface area contributed by atoms with E-state index in [2.05, 4.69) is 62.7 Å². The number of pyridine rings is 4. The van der Waals surface area contributed by atoms with Crippen molar-refractivity contribution in [1.82, 2.24) is 39.5 Å². The van der Waals surface area contributed by atoms with Crippen molar-refractivity contribution in [1.29, 1.82) is 0 Å². The highest BCUT2D eigenvalue weighted by Crippen LogP contribution is 2.41. The van der Waals surface area contributed by atoms with Gasteiger partial charge < -0.3 is 5.11 Å². The van der Waals surface area contributed by atoms with Gasteiger partial charge in [0.25, 0.3) is 0 Å². The number of aromatic hydroxyl groups is 1. The first-order chi connectivity index (χ1) is 25.4. The van der Waals surface area contributed by atoms with E-state index in [0.717, 1.165) is 100 Å². The largest absolute Gasteiger partial charge is 0.508 e. The maximum Gasteiger partial charge on any atom is 0.119 e. The zero-order valence-electron chi connectivity index (χ0n) is 29.5. The molecule has 0 amide bonds. The van der Waals surface area contributed by atoms with Crippen LogP contribution in [0, 0.1) is 20.8 Å². The number of phenols is 1. The molecule has 0 atom stereocenters. The molecule has 2 aromatic carbocycles. The second-order valence-corrected chi connectivity index (χ2v) is 13.8. The molecular weight excluding hydrogens is 669 g/mol. The molecule has 0 bridgehead atoms. The van der Waals surface area contributed by atoms with Gasteiger partial charge in [-0.1, -0.05) is 38.6 Å². The van der Waals surface area contributed by atoms with Crippen molar-refractivity contribution in [2.45, 2.75) is 74.4 Å². The molecule has 0 radical (unpaired) electrons. The van der Waals surface area contributed by atoms with Gasteiger partial charge in [0.1, 0.15) is 17.1 Å². The van der Waals surface area contributed by atoms with E-state index in [1.807, 2.05) is 62.6 Å². The first-order valence-corrected chi connectivity index (χ1v) is 17.9. The summed E-state index contributed by atoms with van der Waals surface area (Å²) >= 11 is 0. The van der Waals surface area contributed by atoms with Crippen LogP contribution < -0.4 is 0 Å². The van der Waals surface area contributed by atoms with E-state index >= 15 is 0 Å². The highest BCUT2D eigenvalue weighted by molar-refractivity contribution is 6.00. The average Bonchev–Trinajstić information content (AvgIpc) is 3.94. The van der Waals surface area contributed by atoms with E-state index in [0.29, 0.717) is 0 Å². The van der Waals surface area contributed by atoms with Crippen LogP contribution in [0.25, 0.3) is 66.8 Å². The molecule has 9 nitrogen and oxygen atoms in total. The molecule has 0 saturated carbocycles. The van der Waals surface area contributed by atoms with Gasteiger partial charge in [0.05, 0.1) is 22.4 Å². The molecule has 0 aliphatic carbocycles. The van der Waals surface area contributed by atoms with Gasteiger partial charge >= 0.3 is 0 Å². The summed E-state index contributed by atoms with van der Waals surface area (Å²) in [7, 11) is 0. The molecule has 54 heavy (non-hydrogen) atoms. The molecule has 6 aromatic heterocycles. The molecule has 0 fully saturated rings. The zero-order chi connectivity index (χ0) is 35.3. The fourth-order valence-electron chi connectivity index (χ4n) is 7.77. The minimum atomic E-state index is 0. The summed E-state index contributed by atoms with van der Waals surface area (Å²) in [4.78, 5) is 18.5. The van der Waals surface area contributed by atoms with Gasteiger partial charge in [-0.05, 0) is 124 Å². The predicted octanol–water partition coefficient (Wildman–Crippen LogP) is 10.1. The summed E-state index contributed by atoms with van der Waals surface area (Å²) < 4.78 is 4.26. The number of phenolic OH excluding ortho intramolecular Hbond substituents is 1. The predicted molar refractivity (Wildman–Crippen MR) is 218 cm³/mol. The van der Waals surface area contributed by atoms with Gasteiger partial charge in [-0.15, -0.1) is 0 Å². The molecule has 2 aliphatic heterocycles. The lowest BCUT2D eigenvalue weighted by Crippen LogP contribution is -1.95. The summed E-state index contributed by atoms with van der Waals surface area (Å²) in [6, 6.07) is 28.0. The van der Waals surface area contributed by atoms with Crippen molar-refractivity contribution in [3.63, 3.8) is 0 Å². The van der Waals surface area contributed by atoms with Crippen LogP contribution in [0.5, 0.6) is 5.75 Å². The Balaban J connectivity index is 0.000000161. The smallest absolute Gasteiger partial charge is 0.119 e. The Morgan fingerprint density at radius 3 is 1.59 bits per heavy atom. The Labute approximate surface area is 316 Å². The molecule has 0 saturated heterocycles. The fraction of sp³-hybridized carbons (Fsp3) is 0.244. The van der Waals surface area contributed by atoms with Crippen molar-refractivity contribution < 1.29 is 5.11 Å². The van der Waals surface area contributed by atoms with E-state index in [1.54, 1.807) is 12.1 Å². The number of fused-ring (bicyclic) bond motifs is 4. The number of nitrogens with zero attached hydrogens (tertiary/aromatic N) is 8. The molecule has 9 heteroatoms. The summed E-state index contributed by atoms with van der Waals surface area (Å²) in [6.07, 6.45) is 8.03. The fourth-order valence-corrected chi connectivity index (χ4v) is 7.77. The van der Waals surface area contributed by atoms with E-state index in [-0.39, 0.29) is 20.6 Å². The topological polar surface area (TPSA) is 107 Å². The van der Waals surface area contributed by atoms with Crippen LogP contribution in [0.3, 0.4) is 0 Å². The lowest BCUT2D eigenvalue weighted by Gasteiger charge is -2.09. The Morgan fingerprint density at radius 1 is 0.574 bits per heavy atom.